The fourth-order valence-corrected chi connectivity index (χ4v) is 2.44. The molecule has 0 aliphatic rings. The SMILES string of the molecule is CC(C)C[C@H](NC(=O)N(c1ccccc1)c1ccccc1)C(=O)O. The number of aliphatic carboxylic acids is 1. The van der Waals surface area contributed by atoms with Gasteiger partial charge in [-0.3, -0.25) is 4.90 Å². The van der Waals surface area contributed by atoms with Crippen LogP contribution < -0.4 is 10.2 Å². The summed E-state index contributed by atoms with van der Waals surface area (Å²) in [4.78, 5) is 25.7. The van der Waals surface area contributed by atoms with Crippen molar-refractivity contribution in [3.63, 3.8) is 0 Å². The Hall–Kier alpha value is -2.82. The summed E-state index contributed by atoms with van der Waals surface area (Å²) in [6, 6.07) is 16.9. The number of urea groups is 1. The van der Waals surface area contributed by atoms with Gasteiger partial charge >= 0.3 is 12.0 Å². The van der Waals surface area contributed by atoms with E-state index in [4.69, 9.17) is 0 Å². The minimum Gasteiger partial charge on any atom is -0.480 e. The molecule has 0 aliphatic carbocycles. The molecule has 5 heteroatoms. The van der Waals surface area contributed by atoms with Crippen molar-refractivity contribution in [1.29, 1.82) is 0 Å². The topological polar surface area (TPSA) is 69.6 Å². The number of carboxylic acid groups (broad SMARTS) is 1. The lowest BCUT2D eigenvalue weighted by molar-refractivity contribution is -0.139. The fourth-order valence-electron chi connectivity index (χ4n) is 2.44. The fraction of sp³-hybridized carbons (Fsp3) is 0.263. The van der Waals surface area contributed by atoms with Gasteiger partial charge in [-0.05, 0) is 36.6 Å². The summed E-state index contributed by atoms with van der Waals surface area (Å²) in [5.74, 6) is -0.869. The molecule has 0 fully saturated rings. The van der Waals surface area contributed by atoms with Crippen LogP contribution in [0.25, 0.3) is 0 Å². The number of amides is 2. The number of hydrogen-bond acceptors (Lipinski definition) is 2. The maximum atomic E-state index is 12.8. The normalized spacial score (nSPS) is 11.8. The average Bonchev–Trinajstić information content (AvgIpc) is 2.56. The summed E-state index contributed by atoms with van der Waals surface area (Å²) < 4.78 is 0. The predicted octanol–water partition coefficient (Wildman–Crippen LogP) is 4.03. The lowest BCUT2D eigenvalue weighted by atomic mass is 10.0. The predicted molar refractivity (Wildman–Crippen MR) is 94.4 cm³/mol. The van der Waals surface area contributed by atoms with Gasteiger partial charge in [-0.15, -0.1) is 0 Å². The summed E-state index contributed by atoms with van der Waals surface area (Å²) in [7, 11) is 0. The summed E-state index contributed by atoms with van der Waals surface area (Å²) >= 11 is 0. The van der Waals surface area contributed by atoms with Gasteiger partial charge in [0.2, 0.25) is 0 Å². The van der Waals surface area contributed by atoms with Gasteiger partial charge in [0.05, 0.1) is 11.4 Å². The van der Waals surface area contributed by atoms with E-state index in [0.717, 1.165) is 0 Å². The van der Waals surface area contributed by atoms with Crippen molar-refractivity contribution in [2.75, 3.05) is 4.90 Å². The van der Waals surface area contributed by atoms with Crippen LogP contribution in [0.5, 0.6) is 0 Å². The van der Waals surface area contributed by atoms with Crippen LogP contribution >= 0.6 is 0 Å². The Labute approximate surface area is 141 Å². The van der Waals surface area contributed by atoms with Crippen molar-refractivity contribution < 1.29 is 14.7 Å². The van der Waals surface area contributed by atoms with E-state index in [9.17, 15) is 14.7 Å². The lowest BCUT2D eigenvalue weighted by Crippen LogP contribution is -2.47. The number of benzene rings is 2. The van der Waals surface area contributed by atoms with Crippen LogP contribution in [0, 0.1) is 5.92 Å². The highest BCUT2D eigenvalue weighted by atomic mass is 16.4. The molecule has 0 radical (unpaired) electrons. The van der Waals surface area contributed by atoms with Crippen molar-refractivity contribution in [3.05, 3.63) is 60.7 Å². The molecule has 126 valence electrons. The molecule has 0 unspecified atom stereocenters. The first-order chi connectivity index (χ1) is 11.5. The van der Waals surface area contributed by atoms with Gasteiger partial charge in [0.15, 0.2) is 0 Å². The van der Waals surface area contributed by atoms with Crippen molar-refractivity contribution in [3.8, 4) is 0 Å². The summed E-state index contributed by atoms with van der Waals surface area (Å²) in [6.07, 6.45) is 0.374. The highest BCUT2D eigenvalue weighted by Crippen LogP contribution is 2.25. The number of para-hydroxylation sites is 2. The second kappa shape index (κ2) is 8.15. The molecule has 0 spiro atoms. The molecule has 2 aromatic rings. The molecule has 2 rings (SSSR count). The third kappa shape index (κ3) is 4.59. The summed E-state index contributed by atoms with van der Waals surface area (Å²) in [5, 5.41) is 12.0. The molecule has 0 bridgehead atoms. The minimum atomic E-state index is -1.03. The Bertz CT molecular complexity index is 632. The number of anilines is 2. The van der Waals surface area contributed by atoms with Crippen LogP contribution in [0.3, 0.4) is 0 Å². The maximum Gasteiger partial charge on any atom is 0.327 e. The van der Waals surface area contributed by atoms with Crippen molar-refractivity contribution in [2.45, 2.75) is 26.3 Å². The zero-order valence-corrected chi connectivity index (χ0v) is 13.8. The number of carbonyl (C=O) groups is 2. The molecule has 0 saturated heterocycles. The van der Waals surface area contributed by atoms with E-state index in [-0.39, 0.29) is 5.92 Å². The van der Waals surface area contributed by atoms with Crippen LogP contribution in [-0.4, -0.2) is 23.1 Å². The summed E-state index contributed by atoms with van der Waals surface area (Å²) in [5.41, 5.74) is 1.35. The van der Waals surface area contributed by atoms with E-state index in [1.807, 2.05) is 74.5 Å². The number of rotatable bonds is 6. The van der Waals surface area contributed by atoms with Crippen LogP contribution in [0.2, 0.25) is 0 Å². The molecule has 0 aromatic heterocycles. The van der Waals surface area contributed by atoms with Crippen molar-refractivity contribution in [1.82, 2.24) is 5.32 Å². The van der Waals surface area contributed by atoms with Crippen LogP contribution in [0.1, 0.15) is 20.3 Å². The molecule has 0 heterocycles. The third-order valence-corrected chi connectivity index (χ3v) is 3.53. The highest BCUT2D eigenvalue weighted by Gasteiger charge is 2.25. The van der Waals surface area contributed by atoms with E-state index in [2.05, 4.69) is 5.32 Å². The van der Waals surface area contributed by atoms with Crippen LogP contribution in [0.4, 0.5) is 16.2 Å². The second-order valence-corrected chi connectivity index (χ2v) is 5.98. The van der Waals surface area contributed by atoms with Gasteiger partial charge < -0.3 is 10.4 Å². The van der Waals surface area contributed by atoms with E-state index < -0.39 is 18.0 Å². The van der Waals surface area contributed by atoms with Gasteiger partial charge in [0, 0.05) is 0 Å². The number of nitrogens with zero attached hydrogens (tertiary/aromatic N) is 1. The molecule has 2 N–H and O–H groups in total. The Morgan fingerprint density at radius 2 is 1.42 bits per heavy atom. The standard InChI is InChI=1S/C19H22N2O3/c1-14(2)13-17(18(22)23)20-19(24)21(15-9-5-3-6-10-15)16-11-7-4-8-12-16/h3-12,14,17H,13H2,1-2H3,(H,20,24)(H,22,23)/t17-/m0/s1. The first-order valence-electron chi connectivity index (χ1n) is 7.92. The third-order valence-electron chi connectivity index (χ3n) is 3.53. The van der Waals surface area contributed by atoms with Crippen molar-refractivity contribution >= 4 is 23.4 Å². The van der Waals surface area contributed by atoms with Gasteiger partial charge in [-0.25, -0.2) is 9.59 Å². The first-order valence-corrected chi connectivity index (χ1v) is 7.92. The molecular formula is C19H22N2O3. The molecule has 0 aliphatic heterocycles. The number of hydrogen-bond donors (Lipinski definition) is 2. The number of nitrogens with one attached hydrogen (secondary N) is 1. The monoisotopic (exact) mass is 326 g/mol. The van der Waals surface area contributed by atoms with E-state index in [1.54, 1.807) is 0 Å². The number of carbonyl (C=O) groups excluding carboxylic acids is 1. The summed E-state index contributed by atoms with van der Waals surface area (Å²) in [6.45, 7) is 3.85. The molecule has 2 aromatic carbocycles. The molecule has 0 saturated carbocycles. The van der Waals surface area contributed by atoms with Gasteiger partial charge in [-0.2, -0.15) is 0 Å². The molecule has 5 nitrogen and oxygen atoms in total. The quantitative estimate of drug-likeness (QED) is 0.842. The molecule has 24 heavy (non-hydrogen) atoms. The first kappa shape index (κ1) is 17.5. The van der Waals surface area contributed by atoms with E-state index in [0.29, 0.717) is 17.8 Å². The van der Waals surface area contributed by atoms with Crippen LogP contribution in [-0.2, 0) is 4.79 Å². The van der Waals surface area contributed by atoms with E-state index >= 15 is 0 Å². The van der Waals surface area contributed by atoms with Gasteiger partial charge in [-0.1, -0.05) is 50.2 Å². The Morgan fingerprint density at radius 3 is 1.79 bits per heavy atom. The van der Waals surface area contributed by atoms with E-state index in [1.165, 1.54) is 4.90 Å². The van der Waals surface area contributed by atoms with Crippen molar-refractivity contribution in [2.24, 2.45) is 5.92 Å². The van der Waals surface area contributed by atoms with Gasteiger partial charge in [0.1, 0.15) is 6.04 Å². The highest BCUT2D eigenvalue weighted by molar-refractivity contribution is 6.00. The molecular weight excluding hydrogens is 304 g/mol. The molecule has 1 atom stereocenters. The Morgan fingerprint density at radius 1 is 0.958 bits per heavy atom. The zero-order chi connectivity index (χ0) is 17.5. The zero-order valence-electron chi connectivity index (χ0n) is 13.8. The molecule has 2 amide bonds. The maximum absolute atomic E-state index is 12.8. The Balaban J connectivity index is 2.30. The number of carboxylic acids is 1. The van der Waals surface area contributed by atoms with Crippen LogP contribution in [0.15, 0.2) is 60.7 Å². The Kier molecular flexibility index (Phi) is 5.95. The largest absolute Gasteiger partial charge is 0.480 e. The van der Waals surface area contributed by atoms with Gasteiger partial charge in [0.25, 0.3) is 0 Å². The lowest BCUT2D eigenvalue weighted by Gasteiger charge is -2.26. The smallest absolute Gasteiger partial charge is 0.327 e. The minimum absolute atomic E-state index is 0.160. The second-order valence-electron chi connectivity index (χ2n) is 5.98. The average molecular weight is 326 g/mol.